The Bertz CT molecular complexity index is 1060. The maximum Gasteiger partial charge on any atom is 0.121 e. The highest BCUT2D eigenvalue weighted by molar-refractivity contribution is 5.38. The summed E-state index contributed by atoms with van der Waals surface area (Å²) < 4.78 is 6.33. The average Bonchev–Trinajstić information content (AvgIpc) is 3.42. The molecule has 2 aliphatic carbocycles. The van der Waals surface area contributed by atoms with Crippen LogP contribution in [0.5, 0.6) is 0 Å². The van der Waals surface area contributed by atoms with Crippen LogP contribution in [0.4, 0.5) is 0 Å². The van der Waals surface area contributed by atoms with Crippen LogP contribution in [0.15, 0.2) is 94.7 Å². The minimum absolute atomic E-state index is 0.0266. The Morgan fingerprint density at radius 1 is 0.722 bits per heavy atom. The lowest BCUT2D eigenvalue weighted by molar-refractivity contribution is 0.166. The molecule has 3 aliphatic rings. The predicted octanol–water partition coefficient (Wildman–Crippen LogP) is 10.3. The van der Waals surface area contributed by atoms with Gasteiger partial charge in [0.05, 0.1) is 5.60 Å². The second-order valence-electron chi connectivity index (χ2n) is 12.9. The van der Waals surface area contributed by atoms with Crippen LogP contribution in [0.1, 0.15) is 101 Å². The van der Waals surface area contributed by atoms with Gasteiger partial charge in [0.25, 0.3) is 0 Å². The first-order valence-corrected chi connectivity index (χ1v) is 14.0. The molecule has 1 heterocycles. The van der Waals surface area contributed by atoms with Crippen LogP contribution in [0.2, 0.25) is 0 Å². The van der Waals surface area contributed by atoms with E-state index in [0.717, 1.165) is 0 Å². The number of hydrogen-bond acceptors (Lipinski definition) is 1. The van der Waals surface area contributed by atoms with Crippen LogP contribution in [-0.4, -0.2) is 11.2 Å². The molecule has 0 bridgehead atoms. The van der Waals surface area contributed by atoms with Crippen molar-refractivity contribution in [1.29, 1.82) is 0 Å². The molecule has 1 saturated carbocycles. The van der Waals surface area contributed by atoms with Gasteiger partial charge in [-0.2, -0.15) is 0 Å². The van der Waals surface area contributed by atoms with Crippen molar-refractivity contribution in [3.63, 3.8) is 0 Å². The van der Waals surface area contributed by atoms with Gasteiger partial charge < -0.3 is 4.74 Å². The monoisotopic (exact) mass is 486 g/mol. The number of ether oxygens (including phenoxy) is 1. The molecule has 196 valence electrons. The summed E-state index contributed by atoms with van der Waals surface area (Å²) in [5.41, 5.74) is 7.25. The maximum atomic E-state index is 6.33. The smallest absolute Gasteiger partial charge is 0.121 e. The topological polar surface area (TPSA) is 12.5 Å². The van der Waals surface area contributed by atoms with E-state index in [9.17, 15) is 0 Å². The fraction of sp³-hybridized carbons (Fsp3) is 0.543. The predicted molar refractivity (Wildman–Crippen MR) is 158 cm³/mol. The fourth-order valence-electron chi connectivity index (χ4n) is 6.32. The third-order valence-electron chi connectivity index (χ3n) is 8.78. The largest absolute Gasteiger partial charge is 0.358 e. The Morgan fingerprint density at radius 2 is 1.33 bits per heavy atom. The highest BCUT2D eigenvalue weighted by atomic mass is 16.6. The summed E-state index contributed by atoms with van der Waals surface area (Å²) in [4.78, 5) is 0. The van der Waals surface area contributed by atoms with E-state index in [4.69, 9.17) is 4.74 Å². The zero-order valence-corrected chi connectivity index (χ0v) is 24.5. The number of allylic oxidation sites excluding steroid dienone is 15. The molecule has 0 spiro atoms. The molecule has 2 atom stereocenters. The Hall–Kier alpha value is -2.12. The van der Waals surface area contributed by atoms with Crippen LogP contribution in [-0.2, 0) is 4.74 Å². The van der Waals surface area contributed by atoms with Crippen molar-refractivity contribution in [1.82, 2.24) is 0 Å². The molecular weight excluding hydrogens is 436 g/mol. The molecule has 1 heteroatoms. The molecule has 3 rings (SSSR count). The average molecular weight is 487 g/mol. The van der Waals surface area contributed by atoms with Gasteiger partial charge in [-0.3, -0.25) is 0 Å². The third-order valence-corrected chi connectivity index (χ3v) is 8.78. The Labute approximate surface area is 222 Å². The zero-order chi connectivity index (χ0) is 26.6. The molecule has 36 heavy (non-hydrogen) atoms. The summed E-state index contributed by atoms with van der Waals surface area (Å²) >= 11 is 0. The summed E-state index contributed by atoms with van der Waals surface area (Å²) in [5.74, 6) is 0. The second kappa shape index (κ2) is 11.1. The first-order chi connectivity index (χ1) is 16.8. The number of rotatable bonds is 8. The van der Waals surface area contributed by atoms with E-state index in [1.54, 1.807) is 5.57 Å². The van der Waals surface area contributed by atoms with Gasteiger partial charge in [-0.1, -0.05) is 111 Å². The van der Waals surface area contributed by atoms with Crippen molar-refractivity contribution in [2.75, 3.05) is 0 Å². The van der Waals surface area contributed by atoms with E-state index < -0.39 is 0 Å². The lowest BCUT2D eigenvalue weighted by Gasteiger charge is -2.36. The minimum Gasteiger partial charge on any atom is -0.358 e. The summed E-state index contributed by atoms with van der Waals surface area (Å²) in [7, 11) is 0. The van der Waals surface area contributed by atoms with Gasteiger partial charge >= 0.3 is 0 Å². The molecule has 1 nitrogen and oxygen atoms in total. The molecule has 0 N–H and O–H groups in total. The van der Waals surface area contributed by atoms with E-state index in [0.29, 0.717) is 5.41 Å². The number of fused-ring (bicyclic) bond motifs is 1. The number of epoxide rings is 1. The van der Waals surface area contributed by atoms with Gasteiger partial charge in [-0.05, 0) is 90.2 Å². The Morgan fingerprint density at radius 3 is 1.97 bits per heavy atom. The zero-order valence-electron chi connectivity index (χ0n) is 24.5. The van der Waals surface area contributed by atoms with Crippen LogP contribution < -0.4 is 0 Å². The normalized spacial score (nSPS) is 31.3. The van der Waals surface area contributed by atoms with Crippen LogP contribution in [0.25, 0.3) is 0 Å². The van der Waals surface area contributed by atoms with E-state index in [2.05, 4.69) is 129 Å². The van der Waals surface area contributed by atoms with Crippen LogP contribution >= 0.6 is 0 Å². The number of hydrogen-bond donors (Lipinski definition) is 0. The summed E-state index contributed by atoms with van der Waals surface area (Å²) in [6, 6.07) is 0. The molecule has 1 saturated heterocycles. The van der Waals surface area contributed by atoms with E-state index >= 15 is 0 Å². The minimum atomic E-state index is -0.0957. The lowest BCUT2D eigenvalue weighted by Crippen LogP contribution is -2.41. The van der Waals surface area contributed by atoms with Gasteiger partial charge in [0.2, 0.25) is 0 Å². The summed E-state index contributed by atoms with van der Waals surface area (Å²) in [5, 5.41) is 0. The SMILES string of the molecule is CC(C=CC=C(C)C=CC1=C(C)CCCC1(C)C)=CC=CC=C(C)C=CC12OC1(C)CCCC2(C)C. The van der Waals surface area contributed by atoms with Crippen molar-refractivity contribution in [3.8, 4) is 0 Å². The molecule has 0 radical (unpaired) electrons. The van der Waals surface area contributed by atoms with Gasteiger partial charge in [0.1, 0.15) is 5.60 Å². The van der Waals surface area contributed by atoms with Crippen molar-refractivity contribution in [2.24, 2.45) is 10.8 Å². The second-order valence-corrected chi connectivity index (χ2v) is 12.9. The van der Waals surface area contributed by atoms with Gasteiger partial charge in [0.15, 0.2) is 0 Å². The van der Waals surface area contributed by atoms with Crippen molar-refractivity contribution in [3.05, 3.63) is 94.7 Å². The van der Waals surface area contributed by atoms with Gasteiger partial charge in [0, 0.05) is 5.41 Å². The Balaban J connectivity index is 1.54. The summed E-state index contributed by atoms with van der Waals surface area (Å²) in [6.45, 7) is 20.5. The highest BCUT2D eigenvalue weighted by Crippen LogP contribution is 2.66. The fourth-order valence-corrected chi connectivity index (χ4v) is 6.32. The van der Waals surface area contributed by atoms with E-state index in [1.807, 2.05) is 0 Å². The van der Waals surface area contributed by atoms with E-state index in [1.165, 1.54) is 60.8 Å². The first kappa shape index (κ1) is 28.5. The molecule has 0 aromatic carbocycles. The van der Waals surface area contributed by atoms with E-state index in [-0.39, 0.29) is 16.6 Å². The van der Waals surface area contributed by atoms with Crippen LogP contribution in [0, 0.1) is 10.8 Å². The highest BCUT2D eigenvalue weighted by Gasteiger charge is 2.73. The standard InChI is InChI=1S/C35H50O/c1-27(17-12-18-28(2)20-21-31-30(4)19-13-23-32(31,5)6)15-10-11-16-29(3)22-26-35-33(7,8)24-14-25-34(35,9)36-35/h10-12,15-18,20-22,26H,13-14,19,23-25H2,1-9H3. The van der Waals surface area contributed by atoms with Crippen LogP contribution in [0.3, 0.4) is 0 Å². The van der Waals surface area contributed by atoms with Crippen molar-refractivity contribution in [2.45, 2.75) is 112 Å². The summed E-state index contributed by atoms with van der Waals surface area (Å²) in [6.07, 6.45) is 31.7. The maximum absolute atomic E-state index is 6.33. The molecular formula is C35H50O. The van der Waals surface area contributed by atoms with Crippen molar-refractivity contribution >= 4 is 0 Å². The molecule has 0 aromatic rings. The molecule has 0 amide bonds. The lowest BCUT2D eigenvalue weighted by atomic mass is 9.64. The molecule has 2 fully saturated rings. The first-order valence-electron chi connectivity index (χ1n) is 14.0. The molecule has 0 aromatic heterocycles. The Kier molecular flexibility index (Phi) is 8.77. The molecule has 1 aliphatic heterocycles. The van der Waals surface area contributed by atoms with Gasteiger partial charge in [-0.15, -0.1) is 0 Å². The van der Waals surface area contributed by atoms with Gasteiger partial charge in [-0.25, -0.2) is 0 Å². The van der Waals surface area contributed by atoms with Crippen molar-refractivity contribution < 1.29 is 4.74 Å². The quantitative estimate of drug-likeness (QED) is 0.245. The third kappa shape index (κ3) is 6.41. The molecule has 2 unspecified atom stereocenters.